The van der Waals surface area contributed by atoms with Gasteiger partial charge in [-0.05, 0) is 42.8 Å². The fourth-order valence-electron chi connectivity index (χ4n) is 5.65. The van der Waals surface area contributed by atoms with Gasteiger partial charge in [0, 0.05) is 67.5 Å². The zero-order chi connectivity index (χ0) is 31.7. The van der Waals surface area contributed by atoms with Crippen molar-refractivity contribution in [1.29, 1.82) is 0 Å². The highest BCUT2D eigenvalue weighted by atomic mass is 19.1. The van der Waals surface area contributed by atoms with E-state index in [1.54, 1.807) is 26.6 Å². The van der Waals surface area contributed by atoms with Crippen LogP contribution in [0.3, 0.4) is 0 Å². The van der Waals surface area contributed by atoms with Crippen molar-refractivity contribution in [2.75, 3.05) is 63.7 Å². The largest absolute Gasteiger partial charge is 0.497 e. The molecule has 2 amide bonds. The van der Waals surface area contributed by atoms with Gasteiger partial charge in [0.1, 0.15) is 17.3 Å². The number of rotatable bonds is 8. The lowest BCUT2D eigenvalue weighted by Gasteiger charge is -2.46. The Hall–Kier alpha value is -5.26. The van der Waals surface area contributed by atoms with E-state index in [2.05, 4.69) is 21.8 Å². The summed E-state index contributed by atoms with van der Waals surface area (Å²) in [5.74, 6) is 1.20. The first-order valence-corrected chi connectivity index (χ1v) is 14.6. The van der Waals surface area contributed by atoms with Crippen LogP contribution in [0.4, 0.5) is 21.6 Å². The highest BCUT2D eigenvalue weighted by Gasteiger charge is 2.53. The Bertz CT molecular complexity index is 1760. The summed E-state index contributed by atoms with van der Waals surface area (Å²) < 4.78 is 25.9. The zero-order valence-electron chi connectivity index (χ0n) is 25.4. The molecular weight excluding hydrogens is 577 g/mol. The number of carbonyl (C=O) groups is 2. The Morgan fingerprint density at radius 2 is 1.62 bits per heavy atom. The number of piperazine rings is 1. The van der Waals surface area contributed by atoms with Gasteiger partial charge in [-0.25, -0.2) is 14.4 Å². The number of fused-ring (bicyclic) bond motifs is 1. The number of likely N-dealkylation sites (tertiary alicyclic amines) is 1. The molecule has 2 aliphatic rings. The zero-order valence-corrected chi connectivity index (χ0v) is 25.4. The van der Waals surface area contributed by atoms with Crippen LogP contribution in [0.2, 0.25) is 0 Å². The average molecular weight is 612 g/mol. The molecule has 2 fully saturated rings. The topological polar surface area (TPSA) is 113 Å². The van der Waals surface area contributed by atoms with E-state index in [1.165, 1.54) is 9.80 Å². The van der Waals surface area contributed by atoms with Gasteiger partial charge in [-0.2, -0.15) is 0 Å². The van der Waals surface area contributed by atoms with Gasteiger partial charge < -0.3 is 29.5 Å². The number of methoxy groups -OCH3 is 2. The third-order valence-electron chi connectivity index (χ3n) is 8.20. The van der Waals surface area contributed by atoms with Crippen LogP contribution in [0.5, 0.6) is 11.5 Å². The second-order valence-electron chi connectivity index (χ2n) is 11.2. The van der Waals surface area contributed by atoms with Crippen molar-refractivity contribution in [2.45, 2.75) is 12.6 Å². The summed E-state index contributed by atoms with van der Waals surface area (Å²) in [6.45, 7) is 6.74. The Labute approximate surface area is 260 Å². The minimum atomic E-state index is -2.03. The number of nitrogens with one attached hydrogen (secondary N) is 1. The number of benzene rings is 2. The highest BCUT2D eigenvalue weighted by Crippen LogP contribution is 2.31. The molecule has 6 rings (SSSR count). The van der Waals surface area contributed by atoms with Crippen molar-refractivity contribution in [3.63, 3.8) is 0 Å². The third-order valence-corrected chi connectivity index (χ3v) is 8.20. The van der Waals surface area contributed by atoms with E-state index in [0.717, 1.165) is 45.4 Å². The molecule has 0 radical (unpaired) electrons. The predicted molar refractivity (Wildman–Crippen MR) is 170 cm³/mol. The van der Waals surface area contributed by atoms with E-state index in [0.29, 0.717) is 43.4 Å². The van der Waals surface area contributed by atoms with Gasteiger partial charge in [-0.1, -0.05) is 6.58 Å². The molecule has 0 atom stereocenters. The smallest absolute Gasteiger partial charge is 0.264 e. The summed E-state index contributed by atoms with van der Waals surface area (Å²) >= 11 is 0. The number of halogens is 1. The second kappa shape index (κ2) is 12.0. The number of anilines is 3. The molecule has 0 bridgehead atoms. The lowest BCUT2D eigenvalue weighted by atomic mass is 9.94. The monoisotopic (exact) mass is 611 g/mol. The van der Waals surface area contributed by atoms with Crippen molar-refractivity contribution < 1.29 is 23.5 Å². The van der Waals surface area contributed by atoms with E-state index in [4.69, 9.17) is 19.4 Å². The molecule has 45 heavy (non-hydrogen) atoms. The number of hydrogen-bond acceptors (Lipinski definition) is 9. The molecule has 232 valence electrons. The molecule has 2 aromatic carbocycles. The van der Waals surface area contributed by atoms with Crippen molar-refractivity contribution >= 4 is 40.0 Å². The van der Waals surface area contributed by atoms with Crippen LogP contribution in [0.25, 0.3) is 22.3 Å². The number of alkyl halides is 1. The summed E-state index contributed by atoms with van der Waals surface area (Å²) in [7, 11) is 3.22. The molecule has 0 saturated carbocycles. The van der Waals surface area contributed by atoms with E-state index in [-0.39, 0.29) is 19.0 Å². The van der Waals surface area contributed by atoms with Gasteiger partial charge >= 0.3 is 0 Å². The Kier molecular flexibility index (Phi) is 7.96. The fourth-order valence-corrected chi connectivity index (χ4v) is 5.65. The van der Waals surface area contributed by atoms with Crippen LogP contribution in [-0.4, -0.2) is 95.7 Å². The van der Waals surface area contributed by atoms with Crippen LogP contribution < -0.4 is 19.7 Å². The molecule has 0 unspecified atom stereocenters. The lowest BCUT2D eigenvalue weighted by molar-refractivity contribution is -0.161. The normalized spacial score (nSPS) is 15.8. The first-order valence-electron chi connectivity index (χ1n) is 14.6. The van der Waals surface area contributed by atoms with Crippen LogP contribution >= 0.6 is 0 Å². The van der Waals surface area contributed by atoms with Crippen LogP contribution in [-0.2, 0) is 9.59 Å². The van der Waals surface area contributed by atoms with Crippen molar-refractivity contribution in [2.24, 2.45) is 0 Å². The first kappa shape index (κ1) is 29.8. The van der Waals surface area contributed by atoms with Gasteiger partial charge in [-0.3, -0.25) is 14.6 Å². The number of aromatic nitrogens is 3. The van der Waals surface area contributed by atoms with Crippen LogP contribution in [0, 0.1) is 6.92 Å². The summed E-state index contributed by atoms with van der Waals surface area (Å²) in [6, 6.07) is 13.4. The number of ether oxygens (including phenoxy) is 2. The highest BCUT2D eigenvalue weighted by molar-refractivity contribution is 5.93. The minimum absolute atomic E-state index is 0.230. The molecule has 11 nitrogen and oxygen atoms in total. The molecule has 0 spiro atoms. The molecule has 12 heteroatoms. The minimum Gasteiger partial charge on any atom is -0.497 e. The number of carbonyl (C=O) groups excluding carboxylic acids is 2. The summed E-state index contributed by atoms with van der Waals surface area (Å²) in [6.07, 6.45) is 4.66. The molecule has 2 aliphatic heterocycles. The van der Waals surface area contributed by atoms with Crippen molar-refractivity contribution in [1.82, 2.24) is 24.8 Å². The number of nitrogens with zero attached hydrogens (tertiary/aromatic N) is 6. The van der Waals surface area contributed by atoms with E-state index < -0.39 is 11.6 Å². The predicted octanol–water partition coefficient (Wildman–Crippen LogP) is 4.15. The standard InChI is InChI=1S/C33H34FN7O4/c1-5-31(42)41-19-33(34,20-41)32(43)40-10-8-39(9-11-40)30-12-21(2)26(17-36-30)29-18-35-27-7-6-22(15-28(27)38-29)37-23-13-24(44-3)16-25(14-23)45-4/h5-7,12-18,37H,1,8-11,19-20H2,2-4H3. The molecule has 4 aromatic rings. The molecule has 2 aromatic heterocycles. The van der Waals surface area contributed by atoms with Crippen molar-refractivity contribution in [3.05, 3.63) is 73.1 Å². The van der Waals surface area contributed by atoms with Gasteiger partial charge in [-0.15, -0.1) is 0 Å². The summed E-state index contributed by atoms with van der Waals surface area (Å²) in [5.41, 5.74) is 3.66. The van der Waals surface area contributed by atoms with Gasteiger partial charge in [0.25, 0.3) is 5.91 Å². The Balaban J connectivity index is 1.13. The molecular formula is C33H34FN7O4. The van der Waals surface area contributed by atoms with Gasteiger partial charge in [0.05, 0.1) is 50.2 Å². The lowest BCUT2D eigenvalue weighted by Crippen LogP contribution is -2.68. The Morgan fingerprint density at radius 3 is 2.27 bits per heavy atom. The van der Waals surface area contributed by atoms with Crippen molar-refractivity contribution in [3.8, 4) is 22.8 Å². The maximum absolute atomic E-state index is 15.1. The Morgan fingerprint density at radius 1 is 0.911 bits per heavy atom. The van der Waals surface area contributed by atoms with E-state index in [9.17, 15) is 9.59 Å². The SMILES string of the molecule is C=CC(=O)N1CC(F)(C(=O)N2CCN(c3cc(C)c(-c4cnc5ccc(Nc6cc(OC)cc(OC)c6)cc5n4)cn3)CC2)C1. The molecule has 1 N–H and O–H groups in total. The fraction of sp³-hybridized carbons (Fsp3) is 0.303. The molecule has 0 aliphatic carbocycles. The quantitative estimate of drug-likeness (QED) is 0.294. The number of hydrogen-bond donors (Lipinski definition) is 1. The van der Waals surface area contributed by atoms with Gasteiger partial charge in [0.15, 0.2) is 0 Å². The maximum Gasteiger partial charge on any atom is 0.264 e. The van der Waals surface area contributed by atoms with E-state index in [1.807, 2.05) is 49.4 Å². The molecule has 2 saturated heterocycles. The average Bonchev–Trinajstić information content (AvgIpc) is 3.05. The molecule has 4 heterocycles. The number of pyridine rings is 1. The third kappa shape index (κ3) is 5.95. The van der Waals surface area contributed by atoms with E-state index >= 15 is 4.39 Å². The number of amides is 2. The van der Waals surface area contributed by atoms with Gasteiger partial charge in [0.2, 0.25) is 11.6 Å². The summed E-state index contributed by atoms with van der Waals surface area (Å²) in [4.78, 5) is 43.6. The first-order chi connectivity index (χ1) is 21.7. The number of aryl methyl sites for hydroxylation is 1. The summed E-state index contributed by atoms with van der Waals surface area (Å²) in [5, 5.41) is 3.38. The van der Waals surface area contributed by atoms with Crippen LogP contribution in [0.15, 0.2) is 67.5 Å². The second-order valence-corrected chi connectivity index (χ2v) is 11.2. The maximum atomic E-state index is 15.1. The van der Waals surface area contributed by atoms with Crippen LogP contribution in [0.1, 0.15) is 5.56 Å².